The second-order valence-corrected chi connectivity index (χ2v) is 6.07. The minimum atomic E-state index is -0.864. The number of nitrogens with one attached hydrogen (secondary N) is 1. The van der Waals surface area contributed by atoms with Gasteiger partial charge in [0, 0.05) is 5.56 Å². The molecule has 0 saturated heterocycles. The van der Waals surface area contributed by atoms with E-state index >= 15 is 0 Å². The van der Waals surface area contributed by atoms with E-state index < -0.39 is 5.60 Å². The van der Waals surface area contributed by atoms with E-state index in [0.717, 1.165) is 37.2 Å². The highest BCUT2D eigenvalue weighted by Gasteiger charge is 2.20. The zero-order valence-corrected chi connectivity index (χ0v) is 13.8. The summed E-state index contributed by atoms with van der Waals surface area (Å²) in [5.41, 5.74) is -0.0140. The average Bonchev–Trinajstić information content (AvgIpc) is 2.45. The molecule has 1 rings (SSSR count). The van der Waals surface area contributed by atoms with Gasteiger partial charge >= 0.3 is 0 Å². The molecule has 0 saturated carbocycles. The van der Waals surface area contributed by atoms with Crippen LogP contribution in [0.3, 0.4) is 0 Å². The zero-order valence-electron chi connectivity index (χ0n) is 13.8. The highest BCUT2D eigenvalue weighted by atomic mass is 16.5. The summed E-state index contributed by atoms with van der Waals surface area (Å²) in [6, 6.07) is 7.72. The molecule has 0 bridgehead atoms. The second-order valence-electron chi connectivity index (χ2n) is 6.07. The maximum absolute atomic E-state index is 10.1. The van der Waals surface area contributed by atoms with Crippen molar-refractivity contribution in [3.05, 3.63) is 29.8 Å². The van der Waals surface area contributed by atoms with Crippen molar-refractivity contribution >= 4 is 0 Å². The predicted molar refractivity (Wildman–Crippen MR) is 88.8 cm³/mol. The quantitative estimate of drug-likeness (QED) is 0.609. The molecule has 0 aliphatic carbocycles. The summed E-state index contributed by atoms with van der Waals surface area (Å²) in [6.07, 6.45) is 6.00. The molecule has 1 aromatic rings. The Morgan fingerprint density at radius 2 is 1.71 bits per heavy atom. The standard InChI is InChI=1S/C18H31NO2/c1-4-5-8-13-19-14-9-10-15-21-17-12-7-6-11-16(17)18(2,3)20/h6-7,11-12,19-20H,4-5,8-10,13-15H2,1-3H3. The molecule has 0 aliphatic heterocycles. The lowest BCUT2D eigenvalue weighted by atomic mass is 9.97. The van der Waals surface area contributed by atoms with Crippen molar-refractivity contribution in [2.75, 3.05) is 19.7 Å². The van der Waals surface area contributed by atoms with Crippen LogP contribution in [0.4, 0.5) is 0 Å². The molecule has 0 aromatic heterocycles. The lowest BCUT2D eigenvalue weighted by Gasteiger charge is -2.21. The van der Waals surface area contributed by atoms with Gasteiger partial charge in [0.1, 0.15) is 5.75 Å². The Kier molecular flexibility index (Phi) is 8.40. The normalized spacial score (nSPS) is 11.6. The van der Waals surface area contributed by atoms with Crippen LogP contribution in [-0.2, 0) is 5.60 Å². The van der Waals surface area contributed by atoms with Crippen LogP contribution in [0.2, 0.25) is 0 Å². The molecule has 0 heterocycles. The number of ether oxygens (including phenoxy) is 1. The fraction of sp³-hybridized carbons (Fsp3) is 0.667. The summed E-state index contributed by atoms with van der Waals surface area (Å²) >= 11 is 0. The third-order valence-electron chi connectivity index (χ3n) is 3.51. The Hall–Kier alpha value is -1.06. The van der Waals surface area contributed by atoms with Gasteiger partial charge in [0.05, 0.1) is 12.2 Å². The van der Waals surface area contributed by atoms with Crippen LogP contribution < -0.4 is 10.1 Å². The Bertz CT molecular complexity index is 385. The number of hydrogen-bond donors (Lipinski definition) is 2. The van der Waals surface area contributed by atoms with E-state index in [2.05, 4.69) is 12.2 Å². The third kappa shape index (κ3) is 7.49. The summed E-state index contributed by atoms with van der Waals surface area (Å²) in [5.74, 6) is 0.793. The zero-order chi connectivity index (χ0) is 15.6. The van der Waals surface area contributed by atoms with Gasteiger partial charge in [-0.25, -0.2) is 0 Å². The molecule has 0 radical (unpaired) electrons. The van der Waals surface area contributed by atoms with Gasteiger partial charge in [-0.2, -0.15) is 0 Å². The lowest BCUT2D eigenvalue weighted by Crippen LogP contribution is -2.18. The summed E-state index contributed by atoms with van der Waals surface area (Å²) in [7, 11) is 0. The fourth-order valence-corrected chi connectivity index (χ4v) is 2.26. The Labute approximate surface area is 129 Å². The summed E-state index contributed by atoms with van der Waals surface area (Å²) in [6.45, 7) is 8.67. The molecule has 0 unspecified atom stereocenters. The van der Waals surface area contributed by atoms with E-state index in [9.17, 15) is 5.11 Å². The first-order valence-electron chi connectivity index (χ1n) is 8.21. The van der Waals surface area contributed by atoms with E-state index in [4.69, 9.17) is 4.74 Å². The van der Waals surface area contributed by atoms with Crippen LogP contribution in [0.15, 0.2) is 24.3 Å². The maximum atomic E-state index is 10.1. The maximum Gasteiger partial charge on any atom is 0.125 e. The first-order valence-corrected chi connectivity index (χ1v) is 8.21. The highest BCUT2D eigenvalue weighted by Crippen LogP contribution is 2.29. The van der Waals surface area contributed by atoms with E-state index in [1.54, 1.807) is 13.8 Å². The first kappa shape index (κ1) is 18.0. The number of aliphatic hydroxyl groups is 1. The van der Waals surface area contributed by atoms with Gasteiger partial charge in [-0.3, -0.25) is 0 Å². The molecule has 0 atom stereocenters. The van der Waals surface area contributed by atoms with Crippen molar-refractivity contribution in [1.29, 1.82) is 0 Å². The smallest absolute Gasteiger partial charge is 0.125 e. The molecule has 0 spiro atoms. The predicted octanol–water partition coefficient (Wildman–Crippen LogP) is 3.85. The fourth-order valence-electron chi connectivity index (χ4n) is 2.26. The topological polar surface area (TPSA) is 41.5 Å². The SMILES string of the molecule is CCCCCNCCCCOc1ccccc1C(C)(C)O. The van der Waals surface area contributed by atoms with Crippen molar-refractivity contribution < 1.29 is 9.84 Å². The molecular weight excluding hydrogens is 262 g/mol. The van der Waals surface area contributed by atoms with Gasteiger partial charge in [-0.15, -0.1) is 0 Å². The largest absolute Gasteiger partial charge is 0.493 e. The molecule has 21 heavy (non-hydrogen) atoms. The minimum absolute atomic E-state index is 0.698. The molecule has 0 aliphatic rings. The van der Waals surface area contributed by atoms with Crippen LogP contribution in [0.1, 0.15) is 58.4 Å². The van der Waals surface area contributed by atoms with Crippen LogP contribution in [-0.4, -0.2) is 24.8 Å². The molecule has 0 amide bonds. The number of rotatable bonds is 11. The van der Waals surface area contributed by atoms with Crippen LogP contribution in [0.25, 0.3) is 0 Å². The van der Waals surface area contributed by atoms with Gasteiger partial charge in [-0.05, 0) is 52.3 Å². The van der Waals surface area contributed by atoms with Crippen molar-refractivity contribution in [3.8, 4) is 5.75 Å². The average molecular weight is 293 g/mol. The monoisotopic (exact) mass is 293 g/mol. The van der Waals surface area contributed by atoms with Crippen molar-refractivity contribution in [1.82, 2.24) is 5.32 Å². The van der Waals surface area contributed by atoms with Gasteiger partial charge in [-0.1, -0.05) is 38.0 Å². The van der Waals surface area contributed by atoms with Crippen LogP contribution in [0, 0.1) is 0 Å². The van der Waals surface area contributed by atoms with E-state index in [1.165, 1.54) is 19.3 Å². The van der Waals surface area contributed by atoms with Gasteiger partial charge in [0.15, 0.2) is 0 Å². The first-order chi connectivity index (χ1) is 10.1. The summed E-state index contributed by atoms with van der Waals surface area (Å²) in [4.78, 5) is 0. The summed E-state index contributed by atoms with van der Waals surface area (Å²) in [5, 5.41) is 13.6. The number of hydrogen-bond acceptors (Lipinski definition) is 3. The van der Waals surface area contributed by atoms with E-state index in [0.29, 0.717) is 6.61 Å². The van der Waals surface area contributed by atoms with Crippen LogP contribution >= 0.6 is 0 Å². The van der Waals surface area contributed by atoms with Crippen molar-refractivity contribution in [2.45, 2.75) is 58.5 Å². The van der Waals surface area contributed by atoms with Crippen molar-refractivity contribution in [2.24, 2.45) is 0 Å². The molecule has 3 nitrogen and oxygen atoms in total. The van der Waals surface area contributed by atoms with Crippen molar-refractivity contribution in [3.63, 3.8) is 0 Å². The Morgan fingerprint density at radius 3 is 2.38 bits per heavy atom. The van der Waals surface area contributed by atoms with E-state index in [1.807, 2.05) is 24.3 Å². The summed E-state index contributed by atoms with van der Waals surface area (Å²) < 4.78 is 5.82. The van der Waals surface area contributed by atoms with Gasteiger partial charge in [0.25, 0.3) is 0 Å². The number of unbranched alkanes of at least 4 members (excludes halogenated alkanes) is 3. The molecule has 120 valence electrons. The highest BCUT2D eigenvalue weighted by molar-refractivity contribution is 5.37. The lowest BCUT2D eigenvalue weighted by molar-refractivity contribution is 0.0746. The van der Waals surface area contributed by atoms with E-state index in [-0.39, 0.29) is 0 Å². The molecule has 0 fully saturated rings. The van der Waals surface area contributed by atoms with Crippen LogP contribution in [0.5, 0.6) is 5.75 Å². The minimum Gasteiger partial charge on any atom is -0.493 e. The third-order valence-corrected chi connectivity index (χ3v) is 3.51. The molecular formula is C18H31NO2. The Morgan fingerprint density at radius 1 is 1.05 bits per heavy atom. The molecule has 2 N–H and O–H groups in total. The Balaban J connectivity index is 2.19. The second kappa shape index (κ2) is 9.80. The van der Waals surface area contributed by atoms with Gasteiger partial charge < -0.3 is 15.2 Å². The number of benzene rings is 1. The molecule has 3 heteroatoms. The molecule has 1 aromatic carbocycles. The number of para-hydroxylation sites is 1. The van der Waals surface area contributed by atoms with Gasteiger partial charge in [0.2, 0.25) is 0 Å².